The van der Waals surface area contributed by atoms with Crippen LogP contribution in [0.5, 0.6) is 0 Å². The molecule has 0 atom stereocenters. The minimum absolute atomic E-state index is 0.132. The number of benzene rings is 1. The van der Waals surface area contributed by atoms with Gasteiger partial charge in [0.15, 0.2) is 0 Å². The zero-order valence-electron chi connectivity index (χ0n) is 17.0. The first kappa shape index (κ1) is 21.8. The van der Waals surface area contributed by atoms with Crippen LogP contribution in [0.2, 0.25) is 0 Å². The summed E-state index contributed by atoms with van der Waals surface area (Å²) in [6, 6.07) is 9.95. The average molecular weight is 436 g/mol. The molecule has 1 aromatic carbocycles. The number of thiophene rings is 1. The molecule has 3 rings (SSSR count). The molecule has 1 aliphatic rings. The zero-order chi connectivity index (χ0) is 20.9. The Morgan fingerprint density at radius 1 is 1.21 bits per heavy atom. The number of anilines is 1. The summed E-state index contributed by atoms with van der Waals surface area (Å²) in [6.07, 6.45) is 3.45. The van der Waals surface area contributed by atoms with Crippen LogP contribution in [0.25, 0.3) is 0 Å². The molecule has 158 valence electrons. The summed E-state index contributed by atoms with van der Waals surface area (Å²) < 4.78 is 26.7. The predicted molar refractivity (Wildman–Crippen MR) is 118 cm³/mol. The van der Waals surface area contributed by atoms with E-state index < -0.39 is 10.0 Å². The van der Waals surface area contributed by atoms with Gasteiger partial charge in [-0.05, 0) is 80.5 Å². The molecule has 0 spiro atoms. The Kier molecular flexibility index (Phi) is 7.32. The zero-order valence-corrected chi connectivity index (χ0v) is 18.6. The van der Waals surface area contributed by atoms with Crippen molar-refractivity contribution in [2.45, 2.75) is 30.4 Å². The number of rotatable bonds is 8. The second-order valence-electron chi connectivity index (χ2n) is 7.59. The molecule has 0 saturated carbocycles. The van der Waals surface area contributed by atoms with E-state index in [2.05, 4.69) is 17.1 Å². The number of piperidine rings is 1. The molecule has 2 aromatic rings. The Morgan fingerprint density at radius 3 is 2.52 bits per heavy atom. The van der Waals surface area contributed by atoms with E-state index in [-0.39, 0.29) is 5.91 Å². The summed E-state index contributed by atoms with van der Waals surface area (Å²) in [7, 11) is -2.05. The fourth-order valence-corrected chi connectivity index (χ4v) is 5.76. The lowest BCUT2D eigenvalue weighted by molar-refractivity contribution is 0.0950. The highest BCUT2D eigenvalue weighted by Crippen LogP contribution is 2.25. The van der Waals surface area contributed by atoms with Crippen molar-refractivity contribution in [1.29, 1.82) is 0 Å². The van der Waals surface area contributed by atoms with Gasteiger partial charge in [0.05, 0.1) is 5.69 Å². The lowest BCUT2D eigenvalue weighted by Crippen LogP contribution is -2.35. The van der Waals surface area contributed by atoms with Crippen LogP contribution in [-0.2, 0) is 10.0 Å². The highest BCUT2D eigenvalue weighted by molar-refractivity contribution is 7.94. The second-order valence-corrected chi connectivity index (χ2v) is 10.7. The van der Waals surface area contributed by atoms with Crippen molar-refractivity contribution in [3.05, 3.63) is 47.3 Å². The van der Waals surface area contributed by atoms with Crippen LogP contribution in [0, 0.1) is 5.92 Å². The SMILES string of the molecule is CC1CCN(CCCNC(=O)c2ccc(N(C)S(=O)(=O)c3cccs3)cc2)CC1. The lowest BCUT2D eigenvalue weighted by Gasteiger charge is -2.30. The number of carbonyl (C=O) groups excluding carboxylic acids is 1. The van der Waals surface area contributed by atoms with Gasteiger partial charge in [0.2, 0.25) is 0 Å². The Labute approximate surface area is 177 Å². The third-order valence-electron chi connectivity index (χ3n) is 5.42. The number of amides is 1. The predicted octanol–water partition coefficient (Wildman–Crippen LogP) is 3.43. The minimum Gasteiger partial charge on any atom is -0.352 e. The molecule has 1 aliphatic heterocycles. The van der Waals surface area contributed by atoms with Crippen molar-refractivity contribution < 1.29 is 13.2 Å². The summed E-state index contributed by atoms with van der Waals surface area (Å²) in [6.45, 7) is 6.26. The van der Waals surface area contributed by atoms with Crippen LogP contribution < -0.4 is 9.62 Å². The molecule has 0 aliphatic carbocycles. The smallest absolute Gasteiger partial charge is 0.273 e. The van der Waals surface area contributed by atoms with Gasteiger partial charge in [0, 0.05) is 19.2 Å². The number of hydrogen-bond donors (Lipinski definition) is 1. The van der Waals surface area contributed by atoms with E-state index in [0.717, 1.165) is 32.0 Å². The van der Waals surface area contributed by atoms with Crippen molar-refractivity contribution in [2.75, 3.05) is 37.5 Å². The van der Waals surface area contributed by atoms with E-state index in [4.69, 9.17) is 0 Å². The first-order valence-corrected chi connectivity index (χ1v) is 12.3. The molecule has 2 heterocycles. The maximum Gasteiger partial charge on any atom is 0.273 e. The number of hydrogen-bond acceptors (Lipinski definition) is 5. The van der Waals surface area contributed by atoms with Crippen LogP contribution in [0.1, 0.15) is 36.5 Å². The van der Waals surface area contributed by atoms with E-state index in [1.54, 1.807) is 41.8 Å². The third kappa shape index (κ3) is 5.58. The average Bonchev–Trinajstić information content (AvgIpc) is 3.28. The molecule has 8 heteroatoms. The monoisotopic (exact) mass is 435 g/mol. The standard InChI is InChI=1S/C21H29N3O3S2/c1-17-10-14-24(15-11-17)13-4-12-22-21(25)18-6-8-19(9-7-18)23(2)29(26,27)20-5-3-16-28-20/h3,5-9,16-17H,4,10-15H2,1-2H3,(H,22,25). The highest BCUT2D eigenvalue weighted by atomic mass is 32.2. The Bertz CT molecular complexity index is 888. The molecular weight excluding hydrogens is 406 g/mol. The number of likely N-dealkylation sites (tertiary alicyclic amines) is 1. The number of sulfonamides is 1. The summed E-state index contributed by atoms with van der Waals surface area (Å²) >= 11 is 1.19. The van der Waals surface area contributed by atoms with E-state index >= 15 is 0 Å². The molecule has 1 saturated heterocycles. The quantitative estimate of drug-likeness (QED) is 0.645. The summed E-state index contributed by atoms with van der Waals surface area (Å²) in [5.74, 6) is 0.695. The fraction of sp³-hybridized carbons (Fsp3) is 0.476. The van der Waals surface area contributed by atoms with Gasteiger partial charge in [-0.3, -0.25) is 9.10 Å². The maximum atomic E-state index is 12.6. The molecule has 0 radical (unpaired) electrons. The number of nitrogens with zero attached hydrogens (tertiary/aromatic N) is 2. The van der Waals surface area contributed by atoms with Crippen molar-refractivity contribution in [2.24, 2.45) is 5.92 Å². The first-order chi connectivity index (χ1) is 13.9. The van der Waals surface area contributed by atoms with Crippen LogP contribution in [0.15, 0.2) is 46.0 Å². The molecule has 6 nitrogen and oxygen atoms in total. The van der Waals surface area contributed by atoms with Crippen LogP contribution in [0.3, 0.4) is 0 Å². The van der Waals surface area contributed by atoms with E-state index in [1.807, 2.05) is 0 Å². The maximum absolute atomic E-state index is 12.6. The second kappa shape index (κ2) is 9.73. The van der Waals surface area contributed by atoms with Gasteiger partial charge in [0.1, 0.15) is 4.21 Å². The molecule has 29 heavy (non-hydrogen) atoms. The summed E-state index contributed by atoms with van der Waals surface area (Å²) in [5.41, 5.74) is 1.05. The molecular formula is C21H29N3O3S2. The third-order valence-corrected chi connectivity index (χ3v) is 8.57. The molecule has 0 unspecified atom stereocenters. The Hall–Kier alpha value is -1.90. The van der Waals surface area contributed by atoms with Crippen molar-refractivity contribution in [3.63, 3.8) is 0 Å². The van der Waals surface area contributed by atoms with Gasteiger partial charge in [-0.15, -0.1) is 11.3 Å². The first-order valence-electron chi connectivity index (χ1n) is 10.0. The van der Waals surface area contributed by atoms with Gasteiger partial charge < -0.3 is 10.2 Å². The van der Waals surface area contributed by atoms with E-state index in [1.165, 1.54) is 35.5 Å². The van der Waals surface area contributed by atoms with Gasteiger partial charge in [0.25, 0.3) is 15.9 Å². The Morgan fingerprint density at radius 2 is 1.90 bits per heavy atom. The van der Waals surface area contributed by atoms with Gasteiger partial charge >= 0.3 is 0 Å². The van der Waals surface area contributed by atoms with E-state index in [0.29, 0.717) is 22.0 Å². The molecule has 1 fully saturated rings. The van der Waals surface area contributed by atoms with Crippen molar-refractivity contribution >= 4 is 33.0 Å². The van der Waals surface area contributed by atoms with Crippen molar-refractivity contribution in [1.82, 2.24) is 10.2 Å². The summed E-state index contributed by atoms with van der Waals surface area (Å²) in [5, 5.41) is 4.69. The van der Waals surface area contributed by atoms with Gasteiger partial charge in [-0.2, -0.15) is 0 Å². The topological polar surface area (TPSA) is 69.7 Å². The van der Waals surface area contributed by atoms with Crippen molar-refractivity contribution in [3.8, 4) is 0 Å². The summed E-state index contributed by atoms with van der Waals surface area (Å²) in [4.78, 5) is 14.8. The van der Waals surface area contributed by atoms with E-state index in [9.17, 15) is 13.2 Å². The molecule has 1 aromatic heterocycles. The highest BCUT2D eigenvalue weighted by Gasteiger charge is 2.22. The lowest BCUT2D eigenvalue weighted by atomic mass is 9.99. The number of carbonyl (C=O) groups is 1. The van der Waals surface area contributed by atoms with Crippen LogP contribution in [-0.4, -0.2) is 52.5 Å². The minimum atomic E-state index is -3.57. The van der Waals surface area contributed by atoms with Gasteiger partial charge in [-0.1, -0.05) is 13.0 Å². The van der Waals surface area contributed by atoms with Crippen LogP contribution in [0.4, 0.5) is 5.69 Å². The normalized spacial score (nSPS) is 15.9. The molecule has 1 amide bonds. The van der Waals surface area contributed by atoms with Crippen LogP contribution >= 0.6 is 11.3 Å². The fourth-order valence-electron chi connectivity index (χ4n) is 3.40. The van der Waals surface area contributed by atoms with Gasteiger partial charge in [-0.25, -0.2) is 8.42 Å². The molecule has 1 N–H and O–H groups in total. The molecule has 0 bridgehead atoms. The number of nitrogens with one attached hydrogen (secondary N) is 1. The Balaban J connectivity index is 1.48. The largest absolute Gasteiger partial charge is 0.352 e.